The molecule has 3 nitrogen and oxygen atoms in total. The van der Waals surface area contributed by atoms with Crippen LogP contribution >= 0.6 is 0 Å². The van der Waals surface area contributed by atoms with Crippen LogP contribution in [0.4, 0.5) is 0 Å². The maximum absolute atomic E-state index is 5.82. The lowest BCUT2D eigenvalue weighted by atomic mass is 10.1. The zero-order chi connectivity index (χ0) is 17.0. The third kappa shape index (κ3) is 7.81. The van der Waals surface area contributed by atoms with Crippen molar-refractivity contribution in [1.29, 1.82) is 0 Å². The summed E-state index contributed by atoms with van der Waals surface area (Å²) in [4.78, 5) is 4.85. The molecule has 1 saturated heterocycles. The van der Waals surface area contributed by atoms with Gasteiger partial charge in [0.1, 0.15) is 12.4 Å². The Bertz CT molecular complexity index is 385. The van der Waals surface area contributed by atoms with E-state index >= 15 is 0 Å². The fourth-order valence-electron chi connectivity index (χ4n) is 2.17. The first-order chi connectivity index (χ1) is 10.6. The van der Waals surface area contributed by atoms with E-state index < -0.39 is 0 Å². The summed E-state index contributed by atoms with van der Waals surface area (Å²) in [5.74, 6) is 0.993. The second-order valence-electron chi connectivity index (χ2n) is 5.24. The second kappa shape index (κ2) is 12.5. The Morgan fingerprint density at radius 3 is 2.05 bits per heavy atom. The zero-order valence-electron chi connectivity index (χ0n) is 15.8. The van der Waals surface area contributed by atoms with Gasteiger partial charge < -0.3 is 9.64 Å². The summed E-state index contributed by atoms with van der Waals surface area (Å²) >= 11 is 0. The van der Waals surface area contributed by atoms with Crippen LogP contribution in [0.1, 0.15) is 38.8 Å². The number of rotatable bonds is 4. The molecule has 1 heterocycles. The Morgan fingerprint density at radius 2 is 1.50 bits per heavy atom. The van der Waals surface area contributed by atoms with Gasteiger partial charge in [-0.05, 0) is 44.2 Å². The highest BCUT2D eigenvalue weighted by Crippen LogP contribution is 2.16. The lowest BCUT2D eigenvalue weighted by Gasteiger charge is -2.32. The summed E-state index contributed by atoms with van der Waals surface area (Å²) in [6, 6.07) is 6.31. The van der Waals surface area contributed by atoms with Gasteiger partial charge in [-0.3, -0.25) is 4.90 Å². The van der Waals surface area contributed by atoms with Crippen molar-refractivity contribution in [1.82, 2.24) is 9.80 Å². The zero-order valence-corrected chi connectivity index (χ0v) is 15.8. The van der Waals surface area contributed by atoms with Crippen molar-refractivity contribution in [3.05, 3.63) is 29.3 Å². The molecule has 0 unspecified atom stereocenters. The minimum Gasteiger partial charge on any atom is -0.492 e. The SMILES string of the molecule is CC.CC.Cc1ccc(OCCN2CCN(C)CC2)cc1C. The van der Waals surface area contributed by atoms with Gasteiger partial charge in [0.2, 0.25) is 0 Å². The fraction of sp³-hybridized carbons (Fsp3) is 0.684. The molecule has 1 aromatic rings. The molecule has 22 heavy (non-hydrogen) atoms. The highest BCUT2D eigenvalue weighted by molar-refractivity contribution is 5.33. The summed E-state index contributed by atoms with van der Waals surface area (Å²) in [7, 11) is 2.18. The molecule has 0 atom stereocenters. The van der Waals surface area contributed by atoms with E-state index in [-0.39, 0.29) is 0 Å². The van der Waals surface area contributed by atoms with Crippen molar-refractivity contribution in [3.8, 4) is 5.75 Å². The molecular formula is C19H36N2O. The number of hydrogen-bond acceptors (Lipinski definition) is 3. The molecule has 1 fully saturated rings. The molecule has 1 aliphatic heterocycles. The Morgan fingerprint density at radius 1 is 0.909 bits per heavy atom. The normalized spacial score (nSPS) is 15.2. The van der Waals surface area contributed by atoms with Crippen LogP contribution < -0.4 is 4.74 Å². The molecule has 1 aromatic carbocycles. The third-order valence-corrected chi connectivity index (χ3v) is 3.75. The number of nitrogens with zero attached hydrogens (tertiary/aromatic N) is 2. The van der Waals surface area contributed by atoms with E-state index in [0.29, 0.717) is 0 Å². The lowest BCUT2D eigenvalue weighted by Crippen LogP contribution is -2.45. The topological polar surface area (TPSA) is 15.7 Å². The molecule has 0 radical (unpaired) electrons. The lowest BCUT2D eigenvalue weighted by molar-refractivity contribution is 0.133. The largest absolute Gasteiger partial charge is 0.492 e. The van der Waals surface area contributed by atoms with E-state index in [4.69, 9.17) is 4.74 Å². The third-order valence-electron chi connectivity index (χ3n) is 3.75. The van der Waals surface area contributed by atoms with E-state index in [0.717, 1.165) is 32.0 Å². The van der Waals surface area contributed by atoms with Crippen LogP contribution in [0, 0.1) is 13.8 Å². The molecule has 0 bridgehead atoms. The van der Waals surface area contributed by atoms with Crippen molar-refractivity contribution in [3.63, 3.8) is 0 Å². The molecule has 1 aliphatic rings. The van der Waals surface area contributed by atoms with Crippen LogP contribution in [-0.4, -0.2) is 56.2 Å². The first kappa shape index (κ1) is 20.9. The van der Waals surface area contributed by atoms with E-state index in [1.54, 1.807) is 0 Å². The summed E-state index contributed by atoms with van der Waals surface area (Å²) in [6.07, 6.45) is 0. The smallest absolute Gasteiger partial charge is 0.119 e. The molecule has 0 spiro atoms. The van der Waals surface area contributed by atoms with Crippen LogP contribution in [0.25, 0.3) is 0 Å². The Labute approximate surface area is 138 Å². The van der Waals surface area contributed by atoms with Crippen LogP contribution in [0.15, 0.2) is 18.2 Å². The van der Waals surface area contributed by atoms with Gasteiger partial charge in [-0.25, -0.2) is 0 Å². The van der Waals surface area contributed by atoms with Gasteiger partial charge in [-0.1, -0.05) is 33.8 Å². The first-order valence-corrected chi connectivity index (χ1v) is 8.76. The molecule has 3 heteroatoms. The average molecular weight is 309 g/mol. The van der Waals surface area contributed by atoms with Gasteiger partial charge in [0.15, 0.2) is 0 Å². The molecule has 2 rings (SSSR count). The Kier molecular flexibility index (Phi) is 11.9. The van der Waals surface area contributed by atoms with Gasteiger partial charge in [0.05, 0.1) is 0 Å². The molecule has 0 aromatic heterocycles. The molecule has 0 saturated carbocycles. The van der Waals surface area contributed by atoms with Crippen LogP contribution in [0.5, 0.6) is 5.75 Å². The number of aryl methyl sites for hydroxylation is 2. The van der Waals surface area contributed by atoms with Crippen LogP contribution in [0.2, 0.25) is 0 Å². The summed E-state index contributed by atoms with van der Waals surface area (Å²) < 4.78 is 5.82. The second-order valence-corrected chi connectivity index (χ2v) is 5.24. The maximum Gasteiger partial charge on any atom is 0.119 e. The maximum atomic E-state index is 5.82. The summed E-state index contributed by atoms with van der Waals surface area (Å²) in [5, 5.41) is 0. The van der Waals surface area contributed by atoms with E-state index in [2.05, 4.69) is 48.9 Å². The van der Waals surface area contributed by atoms with Crippen molar-refractivity contribution in [2.45, 2.75) is 41.5 Å². The van der Waals surface area contributed by atoms with Crippen molar-refractivity contribution in [2.24, 2.45) is 0 Å². The molecule has 128 valence electrons. The number of hydrogen-bond donors (Lipinski definition) is 0. The highest BCUT2D eigenvalue weighted by atomic mass is 16.5. The highest BCUT2D eigenvalue weighted by Gasteiger charge is 2.13. The molecule has 0 aliphatic carbocycles. The monoisotopic (exact) mass is 308 g/mol. The van der Waals surface area contributed by atoms with Gasteiger partial charge >= 0.3 is 0 Å². The predicted molar refractivity (Wildman–Crippen MR) is 98.0 cm³/mol. The summed E-state index contributed by atoms with van der Waals surface area (Å²) in [5.41, 5.74) is 2.62. The Hall–Kier alpha value is -1.06. The van der Waals surface area contributed by atoms with E-state index in [1.807, 2.05) is 27.7 Å². The van der Waals surface area contributed by atoms with Crippen molar-refractivity contribution in [2.75, 3.05) is 46.4 Å². The average Bonchev–Trinajstić information content (AvgIpc) is 2.56. The predicted octanol–water partition coefficient (Wildman–Crippen LogP) is 3.98. The fourth-order valence-corrected chi connectivity index (χ4v) is 2.17. The Balaban J connectivity index is 0.00000102. The number of piperazine rings is 1. The number of ether oxygens (including phenoxy) is 1. The van der Waals surface area contributed by atoms with E-state index in [9.17, 15) is 0 Å². The number of benzene rings is 1. The first-order valence-electron chi connectivity index (χ1n) is 8.76. The number of likely N-dealkylation sites (N-methyl/N-ethyl adjacent to an activating group) is 1. The van der Waals surface area contributed by atoms with E-state index in [1.165, 1.54) is 24.2 Å². The minimum atomic E-state index is 0.784. The minimum absolute atomic E-state index is 0.784. The molecular weight excluding hydrogens is 272 g/mol. The van der Waals surface area contributed by atoms with Gasteiger partial charge in [-0.2, -0.15) is 0 Å². The van der Waals surface area contributed by atoms with Crippen molar-refractivity contribution < 1.29 is 4.74 Å². The van der Waals surface area contributed by atoms with Gasteiger partial charge in [0, 0.05) is 32.7 Å². The molecule has 0 amide bonds. The standard InChI is InChI=1S/C15H24N2O.2C2H6/c1-13-4-5-15(12-14(13)2)18-11-10-17-8-6-16(3)7-9-17;2*1-2/h4-5,12H,6-11H2,1-3H3;2*1-2H3. The molecule has 0 N–H and O–H groups in total. The van der Waals surface area contributed by atoms with Crippen LogP contribution in [-0.2, 0) is 0 Å². The van der Waals surface area contributed by atoms with Crippen LogP contribution in [0.3, 0.4) is 0 Å². The van der Waals surface area contributed by atoms with Gasteiger partial charge in [-0.15, -0.1) is 0 Å². The van der Waals surface area contributed by atoms with Gasteiger partial charge in [0.25, 0.3) is 0 Å². The van der Waals surface area contributed by atoms with Crippen molar-refractivity contribution >= 4 is 0 Å². The quantitative estimate of drug-likeness (QED) is 0.836. The summed E-state index contributed by atoms with van der Waals surface area (Å²) in [6.45, 7) is 18.7.